The fourth-order valence-corrected chi connectivity index (χ4v) is 3.22. The van der Waals surface area contributed by atoms with Crippen LogP contribution >= 0.6 is 22.9 Å². The van der Waals surface area contributed by atoms with Crippen LogP contribution in [0.25, 0.3) is 10.2 Å². The Labute approximate surface area is 131 Å². The van der Waals surface area contributed by atoms with Crippen LogP contribution in [0, 0.1) is 11.3 Å². The summed E-state index contributed by atoms with van der Waals surface area (Å²) in [6, 6.07) is 11.5. The van der Waals surface area contributed by atoms with E-state index in [1.165, 1.54) is 4.88 Å². The Morgan fingerprint density at radius 3 is 2.90 bits per heavy atom. The Morgan fingerprint density at radius 1 is 1.33 bits per heavy atom. The Morgan fingerprint density at radius 2 is 2.14 bits per heavy atom. The number of nitrogens with zero attached hydrogens (tertiary/aromatic N) is 3. The van der Waals surface area contributed by atoms with Gasteiger partial charge in [0.2, 0.25) is 5.28 Å². The lowest BCUT2D eigenvalue weighted by Crippen LogP contribution is -1.97. The van der Waals surface area contributed by atoms with Gasteiger partial charge in [0.1, 0.15) is 16.7 Å². The topological polar surface area (TPSA) is 61.6 Å². The van der Waals surface area contributed by atoms with Gasteiger partial charge in [-0.15, -0.1) is 11.3 Å². The van der Waals surface area contributed by atoms with Gasteiger partial charge in [0.05, 0.1) is 16.6 Å². The zero-order valence-electron chi connectivity index (χ0n) is 11.2. The first-order valence-electron chi connectivity index (χ1n) is 6.43. The van der Waals surface area contributed by atoms with E-state index in [2.05, 4.69) is 34.3 Å². The van der Waals surface area contributed by atoms with Crippen LogP contribution < -0.4 is 5.32 Å². The Bertz CT molecular complexity index is 850. The molecular weight excluding hydrogens is 304 g/mol. The summed E-state index contributed by atoms with van der Waals surface area (Å²) < 4.78 is 0. The van der Waals surface area contributed by atoms with E-state index in [0.29, 0.717) is 17.1 Å². The summed E-state index contributed by atoms with van der Waals surface area (Å²) in [7, 11) is 0. The van der Waals surface area contributed by atoms with Gasteiger partial charge < -0.3 is 5.32 Å². The first-order valence-corrected chi connectivity index (χ1v) is 7.63. The molecule has 0 saturated heterocycles. The highest BCUT2D eigenvalue weighted by Crippen LogP contribution is 2.32. The van der Waals surface area contributed by atoms with E-state index in [1.807, 2.05) is 18.2 Å². The summed E-state index contributed by atoms with van der Waals surface area (Å²) in [4.78, 5) is 10.6. The average Bonchev–Trinajstić information content (AvgIpc) is 2.91. The molecule has 0 aliphatic rings. The van der Waals surface area contributed by atoms with E-state index in [0.717, 1.165) is 16.6 Å². The Kier molecular flexibility index (Phi) is 3.74. The molecule has 104 valence electrons. The van der Waals surface area contributed by atoms with Crippen LogP contribution in [0.4, 0.5) is 11.5 Å². The predicted molar refractivity (Wildman–Crippen MR) is 86.2 cm³/mol. The SMILES string of the molecule is CCc1cc2c(Nc3ccccc3C#N)nc(Cl)nc2s1. The minimum atomic E-state index is 0.198. The lowest BCUT2D eigenvalue weighted by atomic mass is 10.2. The molecule has 1 aromatic carbocycles. The highest BCUT2D eigenvalue weighted by atomic mass is 35.5. The summed E-state index contributed by atoms with van der Waals surface area (Å²) in [5.41, 5.74) is 1.27. The van der Waals surface area contributed by atoms with E-state index in [1.54, 1.807) is 17.4 Å². The highest BCUT2D eigenvalue weighted by Gasteiger charge is 2.12. The number of halogens is 1. The highest BCUT2D eigenvalue weighted by molar-refractivity contribution is 7.18. The molecule has 21 heavy (non-hydrogen) atoms. The predicted octanol–water partition coefficient (Wildman–Crippen LogP) is 4.52. The van der Waals surface area contributed by atoms with Crippen molar-refractivity contribution in [2.45, 2.75) is 13.3 Å². The van der Waals surface area contributed by atoms with Crippen molar-refractivity contribution in [1.82, 2.24) is 9.97 Å². The van der Waals surface area contributed by atoms with Crippen molar-refractivity contribution in [3.63, 3.8) is 0 Å². The lowest BCUT2D eigenvalue weighted by molar-refractivity contribution is 1.19. The molecule has 0 atom stereocenters. The molecule has 4 nitrogen and oxygen atoms in total. The average molecular weight is 315 g/mol. The van der Waals surface area contributed by atoms with Gasteiger partial charge in [0.15, 0.2) is 0 Å². The standard InChI is InChI=1S/C15H11ClN4S/c1-2-10-7-11-13(19-15(16)20-14(11)21-10)18-12-6-4-3-5-9(12)8-17/h3-7H,2H2,1H3,(H,18,19,20). The molecule has 3 rings (SSSR count). The molecular formula is C15H11ClN4S. The molecule has 0 saturated carbocycles. The number of fused-ring (bicyclic) bond motifs is 1. The van der Waals surface area contributed by atoms with Gasteiger partial charge in [-0.1, -0.05) is 19.1 Å². The van der Waals surface area contributed by atoms with Crippen molar-refractivity contribution in [3.05, 3.63) is 46.1 Å². The van der Waals surface area contributed by atoms with Gasteiger partial charge in [-0.05, 0) is 36.2 Å². The number of thiophene rings is 1. The molecule has 0 bridgehead atoms. The van der Waals surface area contributed by atoms with Gasteiger partial charge in [-0.25, -0.2) is 4.98 Å². The van der Waals surface area contributed by atoms with Gasteiger partial charge in [-0.2, -0.15) is 10.2 Å². The van der Waals surface area contributed by atoms with E-state index >= 15 is 0 Å². The van der Waals surface area contributed by atoms with Crippen LogP contribution in [0.2, 0.25) is 5.28 Å². The third kappa shape index (κ3) is 2.68. The second kappa shape index (κ2) is 5.68. The van der Waals surface area contributed by atoms with Crippen LogP contribution in [0.15, 0.2) is 30.3 Å². The molecule has 0 radical (unpaired) electrons. The zero-order valence-corrected chi connectivity index (χ0v) is 12.8. The number of para-hydroxylation sites is 1. The molecule has 3 aromatic rings. The van der Waals surface area contributed by atoms with Crippen molar-refractivity contribution in [3.8, 4) is 6.07 Å². The van der Waals surface area contributed by atoms with E-state index in [9.17, 15) is 0 Å². The van der Waals surface area contributed by atoms with Crippen LogP contribution in [-0.2, 0) is 6.42 Å². The van der Waals surface area contributed by atoms with E-state index in [4.69, 9.17) is 16.9 Å². The fourth-order valence-electron chi connectivity index (χ4n) is 2.03. The van der Waals surface area contributed by atoms with Crippen molar-refractivity contribution in [1.29, 1.82) is 5.26 Å². The molecule has 0 amide bonds. The Balaban J connectivity index is 2.12. The van der Waals surface area contributed by atoms with Crippen LogP contribution in [0.5, 0.6) is 0 Å². The minimum absolute atomic E-state index is 0.198. The molecule has 0 spiro atoms. The molecule has 0 aliphatic carbocycles. The number of aryl methyl sites for hydroxylation is 1. The summed E-state index contributed by atoms with van der Waals surface area (Å²) in [5.74, 6) is 0.628. The second-order valence-corrected chi connectivity index (χ2v) is 5.86. The number of anilines is 2. The van der Waals surface area contributed by atoms with Crippen molar-refractivity contribution in [2.24, 2.45) is 0 Å². The number of hydrogen-bond donors (Lipinski definition) is 1. The number of aromatic nitrogens is 2. The first-order chi connectivity index (χ1) is 10.2. The molecule has 2 heterocycles. The Hall–Kier alpha value is -2.16. The second-order valence-electron chi connectivity index (χ2n) is 4.41. The van der Waals surface area contributed by atoms with Gasteiger partial charge in [0.25, 0.3) is 0 Å². The van der Waals surface area contributed by atoms with Crippen LogP contribution in [-0.4, -0.2) is 9.97 Å². The summed E-state index contributed by atoms with van der Waals surface area (Å²) in [6.45, 7) is 2.10. The maximum absolute atomic E-state index is 9.16. The molecule has 1 N–H and O–H groups in total. The first kappa shape index (κ1) is 13.8. The fraction of sp³-hybridized carbons (Fsp3) is 0.133. The van der Waals surface area contributed by atoms with E-state index < -0.39 is 0 Å². The van der Waals surface area contributed by atoms with Gasteiger partial charge in [0, 0.05) is 4.88 Å². The lowest BCUT2D eigenvalue weighted by Gasteiger charge is -2.08. The van der Waals surface area contributed by atoms with Gasteiger partial charge in [-0.3, -0.25) is 0 Å². The molecule has 0 aliphatic heterocycles. The molecule has 2 aromatic heterocycles. The number of nitrogens with one attached hydrogen (secondary N) is 1. The minimum Gasteiger partial charge on any atom is -0.338 e. The van der Waals surface area contributed by atoms with Crippen molar-refractivity contribution < 1.29 is 0 Å². The number of nitriles is 1. The summed E-state index contributed by atoms with van der Waals surface area (Å²) in [6.07, 6.45) is 0.937. The van der Waals surface area contributed by atoms with Crippen molar-refractivity contribution in [2.75, 3.05) is 5.32 Å². The number of hydrogen-bond acceptors (Lipinski definition) is 5. The zero-order chi connectivity index (χ0) is 14.8. The molecule has 0 unspecified atom stereocenters. The normalized spacial score (nSPS) is 10.5. The molecule has 0 fully saturated rings. The summed E-state index contributed by atoms with van der Waals surface area (Å²) >= 11 is 7.60. The maximum Gasteiger partial charge on any atom is 0.225 e. The molecule has 6 heteroatoms. The van der Waals surface area contributed by atoms with Crippen LogP contribution in [0.3, 0.4) is 0 Å². The van der Waals surface area contributed by atoms with Gasteiger partial charge >= 0.3 is 0 Å². The number of benzene rings is 1. The van der Waals surface area contributed by atoms with Crippen LogP contribution in [0.1, 0.15) is 17.4 Å². The third-order valence-electron chi connectivity index (χ3n) is 3.07. The smallest absolute Gasteiger partial charge is 0.225 e. The maximum atomic E-state index is 9.16. The monoisotopic (exact) mass is 314 g/mol. The third-order valence-corrected chi connectivity index (χ3v) is 4.41. The quantitative estimate of drug-likeness (QED) is 0.722. The van der Waals surface area contributed by atoms with Crippen molar-refractivity contribution >= 4 is 44.7 Å². The number of rotatable bonds is 3. The van der Waals surface area contributed by atoms with E-state index in [-0.39, 0.29) is 5.28 Å². The largest absolute Gasteiger partial charge is 0.338 e. The summed E-state index contributed by atoms with van der Waals surface area (Å²) in [5, 5.41) is 13.5.